The molecule has 1 N–H and O–H groups in total. The summed E-state index contributed by atoms with van der Waals surface area (Å²) in [5.74, 6) is 0. The van der Waals surface area contributed by atoms with E-state index in [-0.39, 0.29) is 6.10 Å². The Morgan fingerprint density at radius 3 is 2.14 bits per heavy atom. The smallest absolute Gasteiger partial charge is 0.0512 e. The van der Waals surface area contributed by atoms with Gasteiger partial charge in [0.2, 0.25) is 0 Å². The Hall–Kier alpha value is -0.0400. The van der Waals surface area contributed by atoms with Gasteiger partial charge in [-0.3, -0.25) is 0 Å². The van der Waals surface area contributed by atoms with Crippen molar-refractivity contribution in [1.29, 1.82) is 0 Å². The van der Waals surface area contributed by atoms with Crippen molar-refractivity contribution in [3.8, 4) is 0 Å². The number of rotatable bonds is 8. The second kappa shape index (κ2) is 7.28. The fourth-order valence-electron chi connectivity index (χ4n) is 1.57. The predicted octanol–water partition coefficient (Wildman–Crippen LogP) is 4.14. The predicted molar refractivity (Wildman–Crippen MR) is 63.5 cm³/mol. The van der Waals surface area contributed by atoms with Gasteiger partial charge in [-0.05, 0) is 25.2 Å². The first kappa shape index (κ1) is 14.0. The Bertz CT molecular complexity index is 127. The lowest BCUT2D eigenvalue weighted by atomic mass is 9.84. The Balaban J connectivity index is 3.21. The van der Waals surface area contributed by atoms with Crippen LogP contribution in [0, 0.1) is 5.41 Å². The zero-order valence-electron chi connectivity index (χ0n) is 10.5. The lowest BCUT2D eigenvalue weighted by Gasteiger charge is -2.22. The molecule has 0 radical (unpaired) electrons. The number of unbranched alkanes of at least 4 members (excludes halogenated alkanes) is 3. The molecule has 0 bridgehead atoms. The fourth-order valence-corrected chi connectivity index (χ4v) is 1.57. The fraction of sp³-hybridized carbons (Fsp3) is 1.00. The molecule has 0 aliphatic heterocycles. The molecule has 0 heterocycles. The molecule has 1 unspecified atom stereocenters. The van der Waals surface area contributed by atoms with Crippen molar-refractivity contribution in [1.82, 2.24) is 0 Å². The molecule has 0 aromatic carbocycles. The summed E-state index contributed by atoms with van der Waals surface area (Å²) in [6.45, 7) is 8.85. The Morgan fingerprint density at radius 2 is 1.64 bits per heavy atom. The molecule has 0 amide bonds. The first-order valence-electron chi connectivity index (χ1n) is 6.16. The van der Waals surface area contributed by atoms with Crippen LogP contribution >= 0.6 is 0 Å². The van der Waals surface area contributed by atoms with Gasteiger partial charge in [0.25, 0.3) is 0 Å². The van der Waals surface area contributed by atoms with Crippen LogP contribution in [0.4, 0.5) is 0 Å². The summed E-state index contributed by atoms with van der Waals surface area (Å²) in [7, 11) is 0. The molecule has 1 atom stereocenters. The maximum Gasteiger partial charge on any atom is 0.0512 e. The highest BCUT2D eigenvalue weighted by Crippen LogP contribution is 2.27. The zero-order valence-corrected chi connectivity index (χ0v) is 10.5. The van der Waals surface area contributed by atoms with Gasteiger partial charge in [0, 0.05) is 0 Å². The third kappa shape index (κ3) is 8.55. The number of aliphatic hydroxyl groups is 1. The van der Waals surface area contributed by atoms with E-state index in [9.17, 15) is 0 Å². The summed E-state index contributed by atoms with van der Waals surface area (Å²) in [5, 5.41) is 9.08. The second-order valence-corrected chi connectivity index (χ2v) is 5.32. The first-order valence-corrected chi connectivity index (χ1v) is 6.16. The molecule has 1 heteroatoms. The van der Waals surface area contributed by atoms with Crippen molar-refractivity contribution >= 4 is 0 Å². The summed E-state index contributed by atoms with van der Waals surface area (Å²) >= 11 is 0. The van der Waals surface area contributed by atoms with Crippen LogP contribution in [0.25, 0.3) is 0 Å². The Labute approximate surface area is 89.9 Å². The van der Waals surface area contributed by atoms with Crippen LogP contribution in [-0.4, -0.2) is 11.2 Å². The summed E-state index contributed by atoms with van der Waals surface area (Å²) in [5.41, 5.74) is 0.532. The molecule has 0 rings (SSSR count). The maximum absolute atomic E-state index is 9.08. The highest BCUT2D eigenvalue weighted by Gasteiger charge is 2.13. The van der Waals surface area contributed by atoms with E-state index in [0.29, 0.717) is 5.41 Å². The maximum atomic E-state index is 9.08. The van der Waals surface area contributed by atoms with Crippen LogP contribution in [-0.2, 0) is 0 Å². The molecule has 0 saturated carbocycles. The molecule has 14 heavy (non-hydrogen) atoms. The lowest BCUT2D eigenvalue weighted by molar-refractivity contribution is 0.180. The van der Waals surface area contributed by atoms with Crippen LogP contribution in [0.5, 0.6) is 0 Å². The van der Waals surface area contributed by atoms with Gasteiger partial charge >= 0.3 is 0 Å². The van der Waals surface area contributed by atoms with E-state index in [1.54, 1.807) is 0 Å². The van der Waals surface area contributed by atoms with Gasteiger partial charge in [-0.25, -0.2) is 0 Å². The third-order valence-corrected chi connectivity index (χ3v) is 3.18. The summed E-state index contributed by atoms with van der Waals surface area (Å²) < 4.78 is 0. The van der Waals surface area contributed by atoms with Gasteiger partial charge in [0.1, 0.15) is 0 Å². The SMILES string of the molecule is CCC(C)(C)CCCCCCC(C)O. The van der Waals surface area contributed by atoms with Crippen molar-refractivity contribution in [2.75, 3.05) is 0 Å². The van der Waals surface area contributed by atoms with Crippen molar-refractivity contribution in [2.24, 2.45) is 5.41 Å². The molecule has 86 valence electrons. The van der Waals surface area contributed by atoms with E-state index in [2.05, 4.69) is 20.8 Å². The van der Waals surface area contributed by atoms with Crippen LogP contribution < -0.4 is 0 Å². The van der Waals surface area contributed by atoms with Crippen LogP contribution in [0.1, 0.15) is 72.6 Å². The van der Waals surface area contributed by atoms with E-state index < -0.39 is 0 Å². The second-order valence-electron chi connectivity index (χ2n) is 5.32. The molecular formula is C13H28O. The highest BCUT2D eigenvalue weighted by molar-refractivity contribution is 4.65. The molecule has 0 fully saturated rings. The van der Waals surface area contributed by atoms with Crippen molar-refractivity contribution in [3.05, 3.63) is 0 Å². The molecule has 0 aromatic rings. The Kier molecular flexibility index (Phi) is 7.26. The topological polar surface area (TPSA) is 20.2 Å². The first-order chi connectivity index (χ1) is 6.48. The van der Waals surface area contributed by atoms with Gasteiger partial charge in [0.15, 0.2) is 0 Å². The van der Waals surface area contributed by atoms with Gasteiger partial charge < -0.3 is 5.11 Å². The highest BCUT2D eigenvalue weighted by atomic mass is 16.3. The molecule has 0 saturated heterocycles. The van der Waals surface area contributed by atoms with Crippen molar-refractivity contribution in [3.63, 3.8) is 0 Å². The average Bonchev–Trinajstić information content (AvgIpc) is 2.10. The van der Waals surface area contributed by atoms with Gasteiger partial charge in [-0.15, -0.1) is 0 Å². The minimum Gasteiger partial charge on any atom is -0.393 e. The molecule has 1 nitrogen and oxygen atoms in total. The standard InChI is InChI=1S/C13H28O/c1-5-13(3,4)11-9-7-6-8-10-12(2)14/h12,14H,5-11H2,1-4H3. The summed E-state index contributed by atoms with van der Waals surface area (Å²) in [4.78, 5) is 0. The zero-order chi connectivity index (χ0) is 11.0. The van der Waals surface area contributed by atoms with Crippen molar-refractivity contribution in [2.45, 2.75) is 78.7 Å². The van der Waals surface area contributed by atoms with Crippen molar-refractivity contribution < 1.29 is 5.11 Å². The number of aliphatic hydroxyl groups excluding tert-OH is 1. The van der Waals surface area contributed by atoms with E-state index >= 15 is 0 Å². The third-order valence-electron chi connectivity index (χ3n) is 3.18. The van der Waals surface area contributed by atoms with E-state index in [1.165, 1.54) is 38.5 Å². The largest absolute Gasteiger partial charge is 0.393 e. The normalized spacial score (nSPS) is 14.4. The number of hydrogen-bond donors (Lipinski definition) is 1. The quantitative estimate of drug-likeness (QED) is 0.584. The average molecular weight is 200 g/mol. The lowest BCUT2D eigenvalue weighted by Crippen LogP contribution is -2.08. The van der Waals surface area contributed by atoms with Crippen LogP contribution in [0.15, 0.2) is 0 Å². The molecule has 0 aliphatic carbocycles. The van der Waals surface area contributed by atoms with E-state index in [1.807, 2.05) is 6.92 Å². The molecule has 0 aromatic heterocycles. The monoisotopic (exact) mass is 200 g/mol. The van der Waals surface area contributed by atoms with Gasteiger partial charge in [-0.2, -0.15) is 0 Å². The minimum atomic E-state index is -0.109. The minimum absolute atomic E-state index is 0.109. The van der Waals surface area contributed by atoms with Crippen LogP contribution in [0.3, 0.4) is 0 Å². The molecular weight excluding hydrogens is 172 g/mol. The Morgan fingerprint density at radius 1 is 1.07 bits per heavy atom. The van der Waals surface area contributed by atoms with E-state index in [0.717, 1.165) is 6.42 Å². The van der Waals surface area contributed by atoms with E-state index in [4.69, 9.17) is 5.11 Å². The number of hydrogen-bond acceptors (Lipinski definition) is 1. The van der Waals surface area contributed by atoms with Crippen LogP contribution in [0.2, 0.25) is 0 Å². The summed E-state index contributed by atoms with van der Waals surface area (Å²) in [6.07, 6.45) is 8.63. The summed E-state index contributed by atoms with van der Waals surface area (Å²) in [6, 6.07) is 0. The van der Waals surface area contributed by atoms with Gasteiger partial charge in [0.05, 0.1) is 6.10 Å². The van der Waals surface area contributed by atoms with Gasteiger partial charge in [-0.1, -0.05) is 52.9 Å². The molecule has 0 spiro atoms. The molecule has 0 aliphatic rings.